The molecule has 0 saturated carbocycles. The first-order valence-corrected chi connectivity index (χ1v) is 4.47. The van der Waals surface area contributed by atoms with Crippen LogP contribution in [0.25, 0.3) is 0 Å². The summed E-state index contributed by atoms with van der Waals surface area (Å²) in [6.45, 7) is 2.12. The molecule has 1 aromatic rings. The molecule has 0 spiro atoms. The fourth-order valence-corrected chi connectivity index (χ4v) is 1.27. The van der Waals surface area contributed by atoms with Gasteiger partial charge in [-0.3, -0.25) is 4.79 Å². The molecule has 66 valence electrons. The number of H-pyrrole nitrogens is 1. The summed E-state index contributed by atoms with van der Waals surface area (Å²) in [7, 11) is 1.58. The number of hydrogen-bond donors (Lipinski definition) is 1. The molecular formula is C7H9IN2O2. The number of halogens is 1. The number of aromatic nitrogens is 2. The van der Waals surface area contributed by atoms with Crippen LogP contribution in [-0.2, 0) is 11.3 Å². The van der Waals surface area contributed by atoms with E-state index in [0.717, 1.165) is 0 Å². The average Bonchev–Trinajstić information content (AvgIpc) is 2.00. The molecule has 0 radical (unpaired) electrons. The van der Waals surface area contributed by atoms with E-state index in [0.29, 0.717) is 21.7 Å². The van der Waals surface area contributed by atoms with Gasteiger partial charge in [0.2, 0.25) is 0 Å². The van der Waals surface area contributed by atoms with Crippen LogP contribution in [-0.4, -0.2) is 17.1 Å². The highest BCUT2D eigenvalue weighted by Crippen LogP contribution is 2.04. The molecule has 1 N–H and O–H groups in total. The lowest BCUT2D eigenvalue weighted by atomic mass is 10.4. The second kappa shape index (κ2) is 3.99. The molecule has 0 aliphatic heterocycles. The van der Waals surface area contributed by atoms with Crippen molar-refractivity contribution in [1.82, 2.24) is 9.97 Å². The lowest BCUT2D eigenvalue weighted by Gasteiger charge is -2.01. The SMILES string of the molecule is COCc1nc(C)[nH]c(=O)c1I. The van der Waals surface area contributed by atoms with Crippen LogP contribution in [0.1, 0.15) is 11.5 Å². The average molecular weight is 280 g/mol. The van der Waals surface area contributed by atoms with Crippen LogP contribution in [0.5, 0.6) is 0 Å². The lowest BCUT2D eigenvalue weighted by Crippen LogP contribution is -2.16. The largest absolute Gasteiger partial charge is 0.378 e. The van der Waals surface area contributed by atoms with E-state index in [9.17, 15) is 4.79 Å². The number of hydrogen-bond acceptors (Lipinski definition) is 3. The Morgan fingerprint density at radius 2 is 2.33 bits per heavy atom. The zero-order valence-corrected chi connectivity index (χ0v) is 9.01. The molecule has 0 aromatic carbocycles. The van der Waals surface area contributed by atoms with Crippen molar-refractivity contribution in [3.05, 3.63) is 25.4 Å². The Balaban J connectivity index is 3.18. The van der Waals surface area contributed by atoms with E-state index in [2.05, 4.69) is 9.97 Å². The van der Waals surface area contributed by atoms with Crippen LogP contribution in [0.2, 0.25) is 0 Å². The molecule has 0 aliphatic carbocycles. The number of nitrogens with one attached hydrogen (secondary N) is 1. The van der Waals surface area contributed by atoms with Crippen molar-refractivity contribution < 1.29 is 4.74 Å². The van der Waals surface area contributed by atoms with Crippen LogP contribution in [0.4, 0.5) is 0 Å². The monoisotopic (exact) mass is 280 g/mol. The Hall–Kier alpha value is -0.430. The van der Waals surface area contributed by atoms with Gasteiger partial charge in [0, 0.05) is 7.11 Å². The predicted molar refractivity (Wildman–Crippen MR) is 53.0 cm³/mol. The third kappa shape index (κ3) is 2.04. The first-order chi connectivity index (χ1) is 5.65. The van der Waals surface area contributed by atoms with E-state index in [1.54, 1.807) is 14.0 Å². The van der Waals surface area contributed by atoms with Crippen molar-refractivity contribution in [1.29, 1.82) is 0 Å². The Morgan fingerprint density at radius 1 is 1.67 bits per heavy atom. The topological polar surface area (TPSA) is 55.0 Å². The summed E-state index contributed by atoms with van der Waals surface area (Å²) in [6.07, 6.45) is 0. The van der Waals surface area contributed by atoms with Gasteiger partial charge in [-0.2, -0.15) is 0 Å². The number of aryl methyl sites for hydroxylation is 1. The summed E-state index contributed by atoms with van der Waals surface area (Å²) in [5.41, 5.74) is 0.592. The highest BCUT2D eigenvalue weighted by molar-refractivity contribution is 14.1. The molecule has 0 amide bonds. The standard InChI is InChI=1S/C7H9IN2O2/c1-4-9-5(3-12-2)6(8)7(11)10-4/h3H2,1-2H3,(H,9,10,11). The third-order valence-electron chi connectivity index (χ3n) is 1.33. The number of aromatic amines is 1. The summed E-state index contributed by atoms with van der Waals surface area (Å²) < 4.78 is 5.50. The number of nitrogens with zero attached hydrogens (tertiary/aromatic N) is 1. The Bertz CT molecular complexity index is 335. The molecule has 1 rings (SSSR count). The highest BCUT2D eigenvalue weighted by atomic mass is 127. The van der Waals surface area contributed by atoms with Crippen molar-refractivity contribution in [2.75, 3.05) is 7.11 Å². The van der Waals surface area contributed by atoms with Gasteiger partial charge >= 0.3 is 0 Å². The van der Waals surface area contributed by atoms with Crippen LogP contribution in [0.3, 0.4) is 0 Å². The van der Waals surface area contributed by atoms with Gasteiger partial charge in [0.25, 0.3) is 5.56 Å². The van der Waals surface area contributed by atoms with Gasteiger partial charge in [-0.1, -0.05) is 0 Å². The molecule has 0 fully saturated rings. The maximum Gasteiger partial charge on any atom is 0.264 e. The summed E-state index contributed by atoms with van der Waals surface area (Å²) in [5.74, 6) is 0.618. The van der Waals surface area contributed by atoms with Gasteiger partial charge in [-0.15, -0.1) is 0 Å². The molecule has 4 nitrogen and oxygen atoms in total. The van der Waals surface area contributed by atoms with Crippen molar-refractivity contribution >= 4 is 22.6 Å². The fraction of sp³-hybridized carbons (Fsp3) is 0.429. The Morgan fingerprint density at radius 3 is 2.92 bits per heavy atom. The van der Waals surface area contributed by atoms with E-state index in [-0.39, 0.29) is 5.56 Å². The van der Waals surface area contributed by atoms with E-state index < -0.39 is 0 Å². The normalized spacial score (nSPS) is 10.2. The molecule has 0 aliphatic rings. The molecule has 0 unspecified atom stereocenters. The second-order valence-electron chi connectivity index (χ2n) is 2.35. The number of ether oxygens (including phenoxy) is 1. The smallest absolute Gasteiger partial charge is 0.264 e. The maximum absolute atomic E-state index is 11.2. The van der Waals surface area contributed by atoms with E-state index in [4.69, 9.17) is 4.74 Å². The zero-order valence-electron chi connectivity index (χ0n) is 6.85. The fourth-order valence-electron chi connectivity index (χ4n) is 0.862. The number of rotatable bonds is 2. The summed E-state index contributed by atoms with van der Waals surface area (Å²) in [6, 6.07) is 0. The summed E-state index contributed by atoms with van der Waals surface area (Å²) >= 11 is 1.96. The highest BCUT2D eigenvalue weighted by Gasteiger charge is 2.05. The Kier molecular flexibility index (Phi) is 3.21. The van der Waals surface area contributed by atoms with Gasteiger partial charge in [0.15, 0.2) is 0 Å². The molecule has 1 heterocycles. The van der Waals surface area contributed by atoms with Gasteiger partial charge in [-0.25, -0.2) is 4.98 Å². The van der Waals surface area contributed by atoms with Gasteiger partial charge < -0.3 is 9.72 Å². The molecule has 5 heteroatoms. The van der Waals surface area contributed by atoms with E-state index in [1.807, 2.05) is 22.6 Å². The summed E-state index contributed by atoms with van der Waals surface area (Å²) in [5, 5.41) is 0. The molecule has 12 heavy (non-hydrogen) atoms. The zero-order chi connectivity index (χ0) is 9.14. The molecular weight excluding hydrogens is 271 g/mol. The minimum atomic E-state index is -0.102. The van der Waals surface area contributed by atoms with Crippen molar-refractivity contribution in [3.8, 4) is 0 Å². The first-order valence-electron chi connectivity index (χ1n) is 3.39. The van der Waals surface area contributed by atoms with Crippen LogP contribution in [0, 0.1) is 10.5 Å². The van der Waals surface area contributed by atoms with Crippen molar-refractivity contribution in [2.45, 2.75) is 13.5 Å². The van der Waals surface area contributed by atoms with E-state index >= 15 is 0 Å². The maximum atomic E-state index is 11.2. The van der Waals surface area contributed by atoms with Crippen LogP contribution in [0.15, 0.2) is 4.79 Å². The Labute approximate surface area is 83.5 Å². The number of methoxy groups -OCH3 is 1. The molecule has 0 bridgehead atoms. The van der Waals surface area contributed by atoms with Crippen molar-refractivity contribution in [3.63, 3.8) is 0 Å². The van der Waals surface area contributed by atoms with Crippen LogP contribution >= 0.6 is 22.6 Å². The second-order valence-corrected chi connectivity index (χ2v) is 3.42. The van der Waals surface area contributed by atoms with Crippen molar-refractivity contribution in [2.24, 2.45) is 0 Å². The quantitative estimate of drug-likeness (QED) is 0.816. The van der Waals surface area contributed by atoms with Crippen LogP contribution < -0.4 is 5.56 Å². The van der Waals surface area contributed by atoms with E-state index in [1.165, 1.54) is 0 Å². The van der Waals surface area contributed by atoms with Gasteiger partial charge in [0.1, 0.15) is 9.39 Å². The van der Waals surface area contributed by atoms with Gasteiger partial charge in [0.05, 0.1) is 12.3 Å². The molecule has 0 atom stereocenters. The minimum absolute atomic E-state index is 0.102. The first kappa shape index (κ1) is 9.66. The summed E-state index contributed by atoms with van der Waals surface area (Å²) in [4.78, 5) is 17.9. The minimum Gasteiger partial charge on any atom is -0.378 e. The molecule has 0 saturated heterocycles. The third-order valence-corrected chi connectivity index (χ3v) is 2.44. The predicted octanol–water partition coefficient (Wildman–Crippen LogP) is 0.829. The molecule has 1 aromatic heterocycles. The van der Waals surface area contributed by atoms with Gasteiger partial charge in [-0.05, 0) is 29.5 Å². The lowest BCUT2D eigenvalue weighted by molar-refractivity contribution is 0.180.